The molecule has 0 aromatic heterocycles. The van der Waals surface area contributed by atoms with Gasteiger partial charge in [-0.2, -0.15) is 0 Å². The van der Waals surface area contributed by atoms with Crippen LogP contribution in [0.15, 0.2) is 194 Å². The summed E-state index contributed by atoms with van der Waals surface area (Å²) in [5.41, 5.74) is 0. The second-order valence-electron chi connectivity index (χ2n) is 25.5. The molecule has 5 atom stereocenters. The van der Waals surface area contributed by atoms with Crippen LogP contribution in [0.25, 0.3) is 0 Å². The predicted molar refractivity (Wildman–Crippen MR) is 436 cm³/mol. The molecule has 0 radical (unpaired) electrons. The van der Waals surface area contributed by atoms with Gasteiger partial charge < -0.3 is 33.8 Å². The Balaban J connectivity index is 5.51. The molecule has 0 aliphatic carbocycles. The summed E-state index contributed by atoms with van der Waals surface area (Å²) >= 11 is 0. The Hall–Kier alpha value is -6.10. The first kappa shape index (κ1) is 99.9. The van der Waals surface area contributed by atoms with Gasteiger partial charge in [-0.05, 0) is 167 Å². The number of phosphoric ester groups is 2. The zero-order valence-electron chi connectivity index (χ0n) is 65.3. The van der Waals surface area contributed by atoms with Crippen molar-refractivity contribution < 1.29 is 80.2 Å². The third-order valence-corrected chi connectivity index (χ3v) is 17.5. The number of hydrogen-bond donors (Lipinski definition) is 3. The fraction of sp³-hybridized carbons (Fsp3) is 0.586. The van der Waals surface area contributed by atoms with Crippen LogP contribution in [0.4, 0.5) is 0 Å². The van der Waals surface area contributed by atoms with Crippen molar-refractivity contribution >= 4 is 39.5 Å². The van der Waals surface area contributed by atoms with Crippen LogP contribution in [0.2, 0.25) is 0 Å². The number of allylic oxidation sites excluding steroid dienone is 32. The Kier molecular flexibility index (Phi) is 72.6. The number of unbranched alkanes of at least 4 members (excludes halogenated alkanes) is 14. The van der Waals surface area contributed by atoms with Gasteiger partial charge in [-0.25, -0.2) is 9.13 Å². The topological polar surface area (TPSA) is 237 Å². The third-order valence-electron chi connectivity index (χ3n) is 15.6. The minimum absolute atomic E-state index is 0.0253. The second-order valence-corrected chi connectivity index (χ2v) is 28.4. The van der Waals surface area contributed by atoms with E-state index >= 15 is 0 Å². The molecule has 5 unspecified atom stereocenters. The van der Waals surface area contributed by atoms with Crippen LogP contribution in [0.5, 0.6) is 0 Å². The van der Waals surface area contributed by atoms with E-state index < -0.39 is 97.5 Å². The van der Waals surface area contributed by atoms with Crippen LogP contribution < -0.4 is 0 Å². The van der Waals surface area contributed by atoms with Crippen molar-refractivity contribution in [3.05, 3.63) is 194 Å². The van der Waals surface area contributed by atoms with Crippen LogP contribution in [0.3, 0.4) is 0 Å². The Morgan fingerprint density at radius 3 is 0.783 bits per heavy atom. The highest BCUT2D eigenvalue weighted by atomic mass is 31.2. The molecule has 0 spiro atoms. The van der Waals surface area contributed by atoms with E-state index in [4.69, 9.17) is 37.0 Å². The number of carbonyl (C=O) groups is 4. The number of carbonyl (C=O) groups excluding carboxylic acids is 4. The lowest BCUT2D eigenvalue weighted by molar-refractivity contribution is -0.161. The van der Waals surface area contributed by atoms with Crippen LogP contribution in [0.1, 0.15) is 272 Å². The molecule has 0 fully saturated rings. The number of ether oxygens (including phenoxy) is 4. The highest BCUT2D eigenvalue weighted by Crippen LogP contribution is 2.45. The van der Waals surface area contributed by atoms with Gasteiger partial charge in [-0.15, -0.1) is 0 Å². The van der Waals surface area contributed by atoms with E-state index in [1.165, 1.54) is 0 Å². The number of aliphatic hydroxyl groups is 1. The van der Waals surface area contributed by atoms with Crippen molar-refractivity contribution in [2.45, 2.75) is 290 Å². The smallest absolute Gasteiger partial charge is 0.462 e. The van der Waals surface area contributed by atoms with E-state index in [0.717, 1.165) is 186 Å². The Morgan fingerprint density at radius 1 is 0.264 bits per heavy atom. The number of aliphatic hydroxyl groups excluding tert-OH is 1. The molecule has 0 heterocycles. The van der Waals surface area contributed by atoms with E-state index in [1.807, 2.05) is 18.2 Å². The lowest BCUT2D eigenvalue weighted by Gasteiger charge is -2.21. The molecule has 0 amide bonds. The SMILES string of the molecule is CC/C=C\C/C=C\C/C=C\C/C=C\C/C=C\C/C=C\CCC(=O)OCC(COP(=O)(O)OCC(O)COP(=O)(O)OCC(COC(=O)CCCC/C=C\C/C=C\C/C=C\C/C=C\CC)OC(=O)CCCCCCC/C=C\C/C=C\C/C=C\CC)OC(=O)CCCCCCCCC/C=C\C/C=C\C/C=C\CC. The molecule has 0 saturated carbocycles. The van der Waals surface area contributed by atoms with Crippen LogP contribution in [0, 0.1) is 0 Å². The molecule has 598 valence electrons. The lowest BCUT2D eigenvalue weighted by atomic mass is 10.1. The summed E-state index contributed by atoms with van der Waals surface area (Å²) in [7, 11) is -10.0. The quantitative estimate of drug-likeness (QED) is 0.0169. The molecule has 17 nitrogen and oxygen atoms in total. The molecule has 0 aromatic rings. The number of hydrogen-bond acceptors (Lipinski definition) is 15. The highest BCUT2D eigenvalue weighted by molar-refractivity contribution is 7.47. The molecule has 0 rings (SSSR count). The minimum atomic E-state index is -5.01. The van der Waals surface area contributed by atoms with Crippen LogP contribution in [-0.4, -0.2) is 96.7 Å². The maximum absolute atomic E-state index is 13.1. The third kappa shape index (κ3) is 76.1. The fourth-order valence-electron chi connectivity index (χ4n) is 9.68. The molecule has 19 heteroatoms. The van der Waals surface area contributed by atoms with E-state index in [1.54, 1.807) is 0 Å². The summed E-state index contributed by atoms with van der Waals surface area (Å²) in [6.07, 6.45) is 94.3. The van der Waals surface area contributed by atoms with Gasteiger partial charge in [0.15, 0.2) is 12.2 Å². The normalized spacial score (nSPS) is 14.9. The number of rotatable bonds is 72. The van der Waals surface area contributed by atoms with Crippen molar-refractivity contribution in [1.82, 2.24) is 0 Å². The predicted octanol–water partition coefficient (Wildman–Crippen LogP) is 23.3. The number of phosphoric acid groups is 2. The first-order chi connectivity index (χ1) is 51.7. The van der Waals surface area contributed by atoms with E-state index in [-0.39, 0.29) is 25.7 Å². The van der Waals surface area contributed by atoms with Crippen molar-refractivity contribution in [2.24, 2.45) is 0 Å². The largest absolute Gasteiger partial charge is 0.472 e. The average Bonchev–Trinajstić information content (AvgIpc) is 0.902. The monoisotopic (exact) mass is 1520 g/mol. The molecule has 0 aliphatic rings. The van der Waals surface area contributed by atoms with Crippen molar-refractivity contribution in [3.8, 4) is 0 Å². The highest BCUT2D eigenvalue weighted by Gasteiger charge is 2.30. The average molecular weight is 1520 g/mol. The minimum Gasteiger partial charge on any atom is -0.462 e. The van der Waals surface area contributed by atoms with Gasteiger partial charge in [0.2, 0.25) is 0 Å². The molecular weight excluding hydrogens is 1380 g/mol. The maximum Gasteiger partial charge on any atom is 0.472 e. The van der Waals surface area contributed by atoms with E-state index in [9.17, 15) is 43.2 Å². The molecule has 0 aliphatic heterocycles. The zero-order chi connectivity index (χ0) is 77.4. The molecule has 0 aromatic carbocycles. The van der Waals surface area contributed by atoms with Crippen LogP contribution in [-0.2, 0) is 65.4 Å². The van der Waals surface area contributed by atoms with Gasteiger partial charge in [-0.3, -0.25) is 37.3 Å². The molecule has 3 N–H and O–H groups in total. The lowest BCUT2D eigenvalue weighted by Crippen LogP contribution is -2.30. The fourth-order valence-corrected chi connectivity index (χ4v) is 11.3. The zero-order valence-corrected chi connectivity index (χ0v) is 67.1. The first-order valence-electron chi connectivity index (χ1n) is 39.7. The van der Waals surface area contributed by atoms with Gasteiger partial charge in [0.05, 0.1) is 26.4 Å². The van der Waals surface area contributed by atoms with Crippen molar-refractivity contribution in [1.29, 1.82) is 0 Å². The Morgan fingerprint density at radius 2 is 0.481 bits per heavy atom. The van der Waals surface area contributed by atoms with Gasteiger partial charge in [0.1, 0.15) is 19.3 Å². The summed E-state index contributed by atoms with van der Waals surface area (Å²) in [6, 6.07) is 0. The van der Waals surface area contributed by atoms with Gasteiger partial charge >= 0.3 is 39.5 Å². The molecule has 0 bridgehead atoms. The second kappa shape index (κ2) is 77.1. The van der Waals surface area contributed by atoms with Gasteiger partial charge in [0, 0.05) is 25.7 Å². The summed E-state index contributed by atoms with van der Waals surface area (Å²) in [5.74, 6) is -2.37. The molecule has 0 saturated heterocycles. The molecular formula is C87H138O17P2. The van der Waals surface area contributed by atoms with E-state index in [2.05, 4.69) is 204 Å². The summed E-state index contributed by atoms with van der Waals surface area (Å²) < 4.78 is 68.5. The van der Waals surface area contributed by atoms with Crippen molar-refractivity contribution in [3.63, 3.8) is 0 Å². The van der Waals surface area contributed by atoms with Crippen LogP contribution >= 0.6 is 15.6 Å². The summed E-state index contributed by atoms with van der Waals surface area (Å²) in [6.45, 7) is 4.23. The van der Waals surface area contributed by atoms with Gasteiger partial charge in [0.25, 0.3) is 0 Å². The molecule has 106 heavy (non-hydrogen) atoms. The maximum atomic E-state index is 13.1. The van der Waals surface area contributed by atoms with Gasteiger partial charge in [-0.1, -0.05) is 273 Å². The number of esters is 4. The summed E-state index contributed by atoms with van der Waals surface area (Å²) in [5, 5.41) is 10.6. The first-order valence-corrected chi connectivity index (χ1v) is 42.7. The summed E-state index contributed by atoms with van der Waals surface area (Å²) in [4.78, 5) is 73.0. The van der Waals surface area contributed by atoms with E-state index in [0.29, 0.717) is 32.1 Å². The Labute approximate surface area is 640 Å². The standard InChI is InChI=1S/C87H138O17P2/c1-5-9-13-17-21-25-29-33-37-39-40-42-45-48-52-56-60-64-68-72-85(90)98-78-83(104-87(92)74-70-66-62-58-54-50-46-41-38-34-30-26-22-18-14-10-6-2)80-102-106(95,96)100-76-81(88)75-99-105(93,94)101-79-82(103-86(91)73-69-65-61-57-53-49-44-36-32-28-24-20-16-12-8-4)77-97-84(89)71-67-63-59-55-51-47-43-35-31-27-23-19-15-11-7-3/h9-16,21-28,33-38,40,42-44,48,51-52,55,60,64,81-83,88H,5-8,17-20,29-32,39,41,45-47,49-50,53-54,56-59,61-63,65-80H2,1-4H3,(H,93,94)(H,95,96)/b13-9-,14-10-,15-11-,16-12-,25-21-,26-22-,27-23-,28-24-,37-33-,38-34-,42-40-,43-35-,44-36-,52-48-,55-51-,64-60-. The Bertz CT molecular complexity index is 2780. The van der Waals surface area contributed by atoms with Crippen molar-refractivity contribution in [2.75, 3.05) is 39.6 Å².